The normalized spacial score (nSPS) is 33.3. The number of ether oxygens (including phenoxy) is 2. The second-order valence-corrected chi connectivity index (χ2v) is 12.9. The zero-order valence-corrected chi connectivity index (χ0v) is 24.4. The maximum absolute atomic E-state index is 12.6. The summed E-state index contributed by atoms with van der Waals surface area (Å²) in [6.45, 7) is -1.25. The molecule has 2 unspecified atom stereocenters. The third-order valence-corrected chi connectivity index (χ3v) is 9.34. The van der Waals surface area contributed by atoms with E-state index in [9.17, 15) is 49.2 Å². The molecule has 0 spiro atoms. The van der Waals surface area contributed by atoms with Crippen LogP contribution in [0, 0.1) is 0 Å². The van der Waals surface area contributed by atoms with Crippen LogP contribution in [-0.4, -0.2) is 125 Å². The lowest BCUT2D eigenvalue weighted by Gasteiger charge is -2.40. The molecular weight excluding hydrogens is 656 g/mol. The van der Waals surface area contributed by atoms with Crippen molar-refractivity contribution in [3.05, 3.63) is 28.6 Å². The Morgan fingerprint density at radius 1 is 1.00 bits per heavy atom. The van der Waals surface area contributed by atoms with E-state index in [0.29, 0.717) is 5.69 Å². The van der Waals surface area contributed by atoms with Crippen LogP contribution < -0.4 is 17.0 Å². The zero-order chi connectivity index (χ0) is 32.8. The lowest BCUT2D eigenvalue weighted by atomic mass is 9.99. The van der Waals surface area contributed by atoms with E-state index in [-0.39, 0.29) is 30.2 Å². The summed E-state index contributed by atoms with van der Waals surface area (Å²) in [7, 11) is -11.2. The second-order valence-electron chi connectivity index (χ2n) is 9.89. The number of aromatic amines is 1. The Morgan fingerprint density at radius 3 is 2.40 bits per heavy atom. The number of rotatable bonds is 11. The van der Waals surface area contributed by atoms with Crippen LogP contribution >= 0.6 is 15.6 Å². The Balaban J connectivity index is 1.20. The van der Waals surface area contributed by atoms with Crippen LogP contribution in [-0.2, 0) is 45.1 Å². The highest BCUT2D eigenvalue weighted by Crippen LogP contribution is 2.61. The number of phosphoric acid groups is 2. The van der Waals surface area contributed by atoms with Gasteiger partial charge in [-0.3, -0.25) is 23.4 Å². The third kappa shape index (κ3) is 7.15. The van der Waals surface area contributed by atoms with E-state index in [0.717, 1.165) is 10.9 Å². The first-order chi connectivity index (χ1) is 21.1. The molecule has 3 aromatic heterocycles. The second kappa shape index (κ2) is 12.8. The standard InChI is InChI=1S/C19H29N9O15P2/c20-1-6-2-27(26-25-6)3-7-10(29)12(31)14(33)18(41-7)42-45(37,38)43-44(35,36)39-4-8-11(30)13(32)17(40-8)28-5-22-9-15(28)23-19(21)24-16(9)34/h2,5,7-8,10-14,17-18,29-33H,1,3-4,20H2,(H,35,36)(H,37,38)(H3,21,23,24,34)/t7-,8+,10+,11+,12+,13+,14-,17+,18+/m0/s1. The van der Waals surface area contributed by atoms with Gasteiger partial charge < -0.3 is 56.3 Å². The SMILES string of the molecule is NCc1cn(C[C@@H]2O[C@H](OP(=O)(O)OP(=O)(O)OC[C@H]3O[C@@H](n4cnc5c(=O)[nH]c(N)nc54)[C@H](O)[C@@H]3O)[C@@H](O)[C@H](O)[C@@H]2O)nn1. The Kier molecular flexibility index (Phi) is 9.55. The molecule has 0 saturated carbocycles. The highest BCUT2D eigenvalue weighted by molar-refractivity contribution is 7.61. The van der Waals surface area contributed by atoms with Gasteiger partial charge in [-0.2, -0.15) is 9.29 Å². The Morgan fingerprint density at radius 2 is 1.71 bits per heavy atom. The molecule has 2 saturated heterocycles. The summed E-state index contributed by atoms with van der Waals surface area (Å²) in [5.74, 6) is -0.278. The minimum absolute atomic E-state index is 0.0412. The Hall–Kier alpha value is -2.77. The van der Waals surface area contributed by atoms with Crippen molar-refractivity contribution in [2.24, 2.45) is 5.73 Å². The van der Waals surface area contributed by atoms with Crippen LogP contribution in [0.25, 0.3) is 11.2 Å². The van der Waals surface area contributed by atoms with Crippen LogP contribution in [0.3, 0.4) is 0 Å². The van der Waals surface area contributed by atoms with E-state index in [2.05, 4.69) is 38.6 Å². The number of aliphatic hydroxyl groups is 5. The van der Waals surface area contributed by atoms with E-state index in [1.165, 1.54) is 10.9 Å². The molecule has 2 fully saturated rings. The first-order valence-electron chi connectivity index (χ1n) is 12.8. The summed E-state index contributed by atoms with van der Waals surface area (Å²) in [5, 5.41) is 59.1. The Bertz CT molecular complexity index is 1670. The number of nitrogens with zero attached hydrogens (tertiary/aromatic N) is 6. The lowest BCUT2D eigenvalue weighted by molar-refractivity contribution is -0.278. The number of aromatic nitrogens is 7. The van der Waals surface area contributed by atoms with E-state index in [1.807, 2.05) is 0 Å². The van der Waals surface area contributed by atoms with Crippen molar-refractivity contribution < 1.29 is 67.3 Å². The quantitative estimate of drug-likeness (QED) is 0.0845. The van der Waals surface area contributed by atoms with Crippen molar-refractivity contribution in [1.82, 2.24) is 34.5 Å². The van der Waals surface area contributed by atoms with Crippen LogP contribution in [0.1, 0.15) is 11.9 Å². The summed E-state index contributed by atoms with van der Waals surface area (Å²) in [4.78, 5) is 42.2. The van der Waals surface area contributed by atoms with Gasteiger partial charge in [-0.1, -0.05) is 5.21 Å². The fraction of sp³-hybridized carbons (Fsp3) is 0.632. The molecule has 11 atom stereocenters. The van der Waals surface area contributed by atoms with Gasteiger partial charge in [0.05, 0.1) is 25.2 Å². The number of nitrogens with two attached hydrogens (primary N) is 2. The van der Waals surface area contributed by atoms with Crippen molar-refractivity contribution in [3.63, 3.8) is 0 Å². The first kappa shape index (κ1) is 33.6. The largest absolute Gasteiger partial charge is 0.483 e. The van der Waals surface area contributed by atoms with Crippen molar-refractivity contribution in [2.45, 2.75) is 68.3 Å². The number of nitrogens with one attached hydrogen (secondary N) is 1. The summed E-state index contributed by atoms with van der Waals surface area (Å²) in [5.41, 5.74) is 10.4. The number of anilines is 1. The highest BCUT2D eigenvalue weighted by Gasteiger charge is 2.50. The number of H-pyrrole nitrogens is 1. The van der Waals surface area contributed by atoms with E-state index >= 15 is 0 Å². The van der Waals surface area contributed by atoms with Gasteiger partial charge in [0.1, 0.15) is 42.7 Å². The maximum atomic E-state index is 12.6. The van der Waals surface area contributed by atoms with Gasteiger partial charge in [-0.05, 0) is 0 Å². The topological polar surface area (TPSA) is 368 Å². The number of imidazole rings is 1. The molecule has 0 bridgehead atoms. The van der Waals surface area contributed by atoms with Gasteiger partial charge in [-0.15, -0.1) is 5.10 Å². The minimum Gasteiger partial charge on any atom is -0.388 e. The molecule has 12 N–H and O–H groups in total. The van der Waals surface area contributed by atoms with E-state index < -0.39 is 83.1 Å². The predicted octanol–water partition coefficient (Wildman–Crippen LogP) is -4.87. The summed E-state index contributed by atoms with van der Waals surface area (Å²) < 4.78 is 51.7. The van der Waals surface area contributed by atoms with E-state index in [1.54, 1.807) is 0 Å². The molecule has 0 amide bonds. The van der Waals surface area contributed by atoms with Crippen LogP contribution in [0.5, 0.6) is 0 Å². The molecule has 45 heavy (non-hydrogen) atoms. The average molecular weight is 685 g/mol. The summed E-state index contributed by atoms with van der Waals surface area (Å²) in [6.07, 6.45) is -13.4. The highest BCUT2D eigenvalue weighted by atomic mass is 31.3. The van der Waals surface area contributed by atoms with Gasteiger partial charge in [0, 0.05) is 12.7 Å². The maximum Gasteiger partial charge on any atom is 0.483 e. The molecule has 0 aromatic carbocycles. The van der Waals surface area contributed by atoms with Crippen LogP contribution in [0.15, 0.2) is 17.3 Å². The number of fused-ring (bicyclic) bond motifs is 1. The molecule has 2 aliphatic heterocycles. The minimum atomic E-state index is -5.64. The van der Waals surface area contributed by atoms with E-state index in [4.69, 9.17) is 20.9 Å². The molecule has 0 aliphatic carbocycles. The monoisotopic (exact) mass is 685 g/mol. The predicted molar refractivity (Wildman–Crippen MR) is 141 cm³/mol. The fourth-order valence-electron chi connectivity index (χ4n) is 4.56. The van der Waals surface area contributed by atoms with Crippen LogP contribution in [0.2, 0.25) is 0 Å². The zero-order valence-electron chi connectivity index (χ0n) is 22.6. The average Bonchev–Trinajstić information content (AvgIpc) is 3.66. The molecule has 250 valence electrons. The number of nitrogen functional groups attached to an aromatic ring is 1. The van der Waals surface area contributed by atoms with Crippen molar-refractivity contribution >= 4 is 32.8 Å². The summed E-state index contributed by atoms with van der Waals surface area (Å²) >= 11 is 0. The van der Waals surface area contributed by atoms with Crippen LogP contribution in [0.4, 0.5) is 5.95 Å². The Labute approximate surface area is 249 Å². The van der Waals surface area contributed by atoms with Gasteiger partial charge in [-0.25, -0.2) is 18.8 Å². The fourth-order valence-corrected chi connectivity index (χ4v) is 6.72. The molecule has 0 radical (unpaired) electrons. The molecule has 5 rings (SSSR count). The molecule has 5 heterocycles. The number of hydrogen-bond acceptors (Lipinski definition) is 19. The van der Waals surface area contributed by atoms with Gasteiger partial charge in [0.2, 0.25) is 5.95 Å². The number of aliphatic hydroxyl groups excluding tert-OH is 5. The van der Waals surface area contributed by atoms with Crippen molar-refractivity contribution in [2.75, 3.05) is 12.3 Å². The molecule has 2 aliphatic rings. The third-order valence-electron chi connectivity index (χ3n) is 6.74. The smallest absolute Gasteiger partial charge is 0.388 e. The van der Waals surface area contributed by atoms with Gasteiger partial charge >= 0.3 is 15.6 Å². The number of phosphoric ester groups is 2. The van der Waals surface area contributed by atoms with Gasteiger partial charge in [0.15, 0.2) is 23.7 Å². The molecule has 24 nitrogen and oxygen atoms in total. The van der Waals surface area contributed by atoms with Gasteiger partial charge in [0.25, 0.3) is 5.56 Å². The number of hydrogen-bond donors (Lipinski definition) is 10. The first-order valence-corrected chi connectivity index (χ1v) is 15.8. The lowest BCUT2D eigenvalue weighted by Crippen LogP contribution is -2.58. The summed E-state index contributed by atoms with van der Waals surface area (Å²) in [6, 6.07) is 0. The molecular formula is C19H29N9O15P2. The molecule has 3 aromatic rings. The van der Waals surface area contributed by atoms with Crippen molar-refractivity contribution in [3.8, 4) is 0 Å². The molecule has 26 heteroatoms. The van der Waals surface area contributed by atoms with Crippen molar-refractivity contribution in [1.29, 1.82) is 0 Å².